The third-order valence-electron chi connectivity index (χ3n) is 5.79. The maximum Gasteiger partial charge on any atom is 0.335 e. The summed E-state index contributed by atoms with van der Waals surface area (Å²) in [4.78, 5) is 58.6. The molecule has 1 fully saturated rings. The molecule has 0 unspecified atom stereocenters. The van der Waals surface area contributed by atoms with Crippen LogP contribution in [0.1, 0.15) is 24.5 Å². The van der Waals surface area contributed by atoms with Crippen LogP contribution in [0.3, 0.4) is 0 Å². The number of hydrogen-bond donors (Lipinski definition) is 5. The van der Waals surface area contributed by atoms with Crippen LogP contribution in [-0.2, 0) is 46.5 Å². The topological polar surface area (TPSA) is 209 Å². The molecular formula is C24H28N2O12. The number of benzene rings is 1. The third kappa shape index (κ3) is 7.13. The van der Waals surface area contributed by atoms with Crippen LogP contribution in [0, 0.1) is 0 Å². The van der Waals surface area contributed by atoms with Crippen molar-refractivity contribution in [2.24, 2.45) is 0 Å². The Bertz CT molecular complexity index is 1100. The molecule has 2 aliphatic rings. The van der Waals surface area contributed by atoms with Gasteiger partial charge < -0.3 is 40.0 Å². The first-order valence-corrected chi connectivity index (χ1v) is 11.6. The second-order valence-corrected chi connectivity index (χ2v) is 8.62. The van der Waals surface area contributed by atoms with E-state index in [0.717, 1.165) is 17.1 Å². The second-order valence-electron chi connectivity index (χ2n) is 8.62. The molecule has 3 rings (SSSR count). The minimum absolute atomic E-state index is 0.0723. The number of amides is 3. The molecule has 2 aliphatic heterocycles. The lowest BCUT2D eigenvalue weighted by atomic mass is 9.99. The zero-order valence-corrected chi connectivity index (χ0v) is 20.3. The number of rotatable bonds is 11. The number of esters is 1. The van der Waals surface area contributed by atoms with Crippen LogP contribution in [0.15, 0.2) is 30.4 Å². The fourth-order valence-corrected chi connectivity index (χ4v) is 3.74. The number of aliphatic hydroxyl groups excluding tert-OH is 3. The van der Waals surface area contributed by atoms with Gasteiger partial charge in [-0.25, -0.2) is 4.79 Å². The lowest BCUT2D eigenvalue weighted by Crippen LogP contribution is -2.61. The average molecular weight is 536 g/mol. The van der Waals surface area contributed by atoms with E-state index in [9.17, 15) is 44.4 Å². The smallest absolute Gasteiger partial charge is 0.335 e. The molecule has 5 N–H and O–H groups in total. The number of nitrogens with zero attached hydrogens (tertiary/aromatic N) is 1. The van der Waals surface area contributed by atoms with E-state index < -0.39 is 66.9 Å². The Hall–Kier alpha value is -3.85. The van der Waals surface area contributed by atoms with E-state index in [2.05, 4.69) is 5.32 Å². The molecule has 0 aromatic heterocycles. The molecule has 0 spiro atoms. The van der Waals surface area contributed by atoms with Crippen molar-refractivity contribution in [3.63, 3.8) is 0 Å². The Morgan fingerprint density at radius 1 is 1.05 bits per heavy atom. The van der Waals surface area contributed by atoms with Gasteiger partial charge in [0.05, 0.1) is 0 Å². The number of ether oxygens (including phenoxy) is 3. The van der Waals surface area contributed by atoms with Gasteiger partial charge >= 0.3 is 11.9 Å². The first-order valence-electron chi connectivity index (χ1n) is 11.6. The molecule has 0 bridgehead atoms. The van der Waals surface area contributed by atoms with Crippen molar-refractivity contribution in [1.82, 2.24) is 10.2 Å². The van der Waals surface area contributed by atoms with Gasteiger partial charge in [0.25, 0.3) is 11.8 Å². The number of carboxylic acids is 1. The minimum atomic E-state index is -1.89. The van der Waals surface area contributed by atoms with Crippen molar-refractivity contribution in [2.75, 3.05) is 13.1 Å². The van der Waals surface area contributed by atoms with Crippen molar-refractivity contribution < 1.29 is 58.6 Å². The Labute approximate surface area is 216 Å². The zero-order chi connectivity index (χ0) is 28.0. The molecule has 38 heavy (non-hydrogen) atoms. The van der Waals surface area contributed by atoms with Gasteiger partial charge in [-0.3, -0.25) is 24.1 Å². The summed E-state index contributed by atoms with van der Waals surface area (Å²) >= 11 is 0. The van der Waals surface area contributed by atoms with E-state index in [1.807, 2.05) is 0 Å². The molecule has 5 atom stereocenters. The van der Waals surface area contributed by atoms with Crippen LogP contribution >= 0.6 is 0 Å². The van der Waals surface area contributed by atoms with Gasteiger partial charge in [-0.15, -0.1) is 0 Å². The normalized spacial score (nSPS) is 24.8. The van der Waals surface area contributed by atoms with Crippen LogP contribution in [0.4, 0.5) is 0 Å². The van der Waals surface area contributed by atoms with Crippen molar-refractivity contribution >= 4 is 29.7 Å². The molecule has 3 amide bonds. The predicted molar refractivity (Wildman–Crippen MR) is 124 cm³/mol. The van der Waals surface area contributed by atoms with E-state index in [1.54, 1.807) is 12.1 Å². The quantitative estimate of drug-likeness (QED) is 0.118. The highest BCUT2D eigenvalue weighted by Crippen LogP contribution is 2.28. The highest BCUT2D eigenvalue weighted by Gasteiger charge is 2.48. The molecule has 14 nitrogen and oxygen atoms in total. The van der Waals surface area contributed by atoms with E-state index in [1.165, 1.54) is 13.0 Å². The molecule has 206 valence electrons. The fraction of sp³-hybridized carbons (Fsp3) is 0.458. The lowest BCUT2D eigenvalue weighted by molar-refractivity contribution is -0.271. The first kappa shape index (κ1) is 28.7. The third-order valence-corrected chi connectivity index (χ3v) is 5.79. The minimum Gasteiger partial charge on any atom is -0.479 e. The molecule has 0 radical (unpaired) electrons. The van der Waals surface area contributed by atoms with Crippen molar-refractivity contribution in [1.29, 1.82) is 0 Å². The van der Waals surface area contributed by atoms with Crippen LogP contribution in [0.25, 0.3) is 0 Å². The largest absolute Gasteiger partial charge is 0.479 e. The Morgan fingerprint density at radius 3 is 2.37 bits per heavy atom. The standard InChI is InChI=1S/C24H28N2O12/c1-12(27)36-11-14-5-4-13(3-2-8-25-16(28)10-26-17(29)6-7-18(26)30)9-15(14)37-24-21(33)19(31)20(32)22(38-24)23(34)35/h4-7,9,19-22,24,31-33H,2-3,8,10-11H2,1H3,(H,25,28)(H,34,35)/t19-,20-,21+,22-,24+/m0/s1. The van der Waals surface area contributed by atoms with Gasteiger partial charge in [0.1, 0.15) is 37.2 Å². The highest BCUT2D eigenvalue weighted by atomic mass is 16.7. The number of carbonyl (C=O) groups excluding carboxylic acids is 4. The van der Waals surface area contributed by atoms with Gasteiger partial charge in [-0.1, -0.05) is 12.1 Å². The van der Waals surface area contributed by atoms with Crippen LogP contribution in [0.5, 0.6) is 5.75 Å². The summed E-state index contributed by atoms with van der Waals surface area (Å²) in [5.74, 6) is -3.69. The van der Waals surface area contributed by atoms with E-state index >= 15 is 0 Å². The molecule has 14 heteroatoms. The second kappa shape index (κ2) is 12.6. The molecule has 2 heterocycles. The monoisotopic (exact) mass is 536 g/mol. The van der Waals surface area contributed by atoms with Gasteiger partial charge in [-0.2, -0.15) is 0 Å². The Balaban J connectivity index is 1.63. The highest BCUT2D eigenvalue weighted by molar-refractivity contribution is 6.14. The first-order chi connectivity index (χ1) is 18.0. The van der Waals surface area contributed by atoms with Crippen LogP contribution in [0.2, 0.25) is 0 Å². The number of aliphatic carboxylic acids is 1. The van der Waals surface area contributed by atoms with Gasteiger partial charge in [-0.05, 0) is 24.5 Å². The van der Waals surface area contributed by atoms with Crippen LogP contribution in [-0.4, -0.2) is 98.8 Å². The summed E-state index contributed by atoms with van der Waals surface area (Å²) in [5.41, 5.74) is 1.05. The number of hydrogen-bond acceptors (Lipinski definition) is 11. The van der Waals surface area contributed by atoms with Gasteiger partial charge in [0, 0.05) is 31.2 Å². The number of aliphatic hydroxyl groups is 3. The fourth-order valence-electron chi connectivity index (χ4n) is 3.74. The molecule has 0 aliphatic carbocycles. The molecule has 1 saturated heterocycles. The van der Waals surface area contributed by atoms with Gasteiger partial charge in [0.15, 0.2) is 6.10 Å². The number of carbonyl (C=O) groups is 5. The van der Waals surface area contributed by atoms with Crippen LogP contribution < -0.4 is 10.1 Å². The van der Waals surface area contributed by atoms with Crippen molar-refractivity contribution in [2.45, 2.75) is 57.1 Å². The van der Waals surface area contributed by atoms with E-state index in [0.29, 0.717) is 24.0 Å². The van der Waals surface area contributed by atoms with E-state index in [-0.39, 0.29) is 18.9 Å². The summed E-state index contributed by atoms with van der Waals surface area (Å²) < 4.78 is 15.8. The van der Waals surface area contributed by atoms with Crippen molar-refractivity contribution in [3.8, 4) is 5.75 Å². The Morgan fingerprint density at radius 2 is 1.74 bits per heavy atom. The van der Waals surface area contributed by atoms with Gasteiger partial charge in [0.2, 0.25) is 12.2 Å². The van der Waals surface area contributed by atoms with E-state index in [4.69, 9.17) is 14.2 Å². The SMILES string of the molecule is CC(=O)OCc1ccc(CCCNC(=O)CN2C(=O)C=CC2=O)cc1O[C@@H]1O[C@H](C(=O)O)[C@@H](O)[C@H](O)[C@H]1O. The number of imide groups is 1. The maximum atomic E-state index is 12.0. The molecular weight excluding hydrogens is 508 g/mol. The number of aryl methyl sites for hydroxylation is 1. The predicted octanol–water partition coefficient (Wildman–Crippen LogP) is -2.01. The average Bonchev–Trinajstić information content (AvgIpc) is 3.18. The summed E-state index contributed by atoms with van der Waals surface area (Å²) in [6, 6.07) is 4.83. The molecule has 0 saturated carbocycles. The zero-order valence-electron chi connectivity index (χ0n) is 20.3. The van der Waals surface area contributed by atoms with Crippen molar-refractivity contribution in [3.05, 3.63) is 41.5 Å². The lowest BCUT2D eigenvalue weighted by Gasteiger charge is -2.38. The number of nitrogens with one attached hydrogen (secondary N) is 1. The summed E-state index contributed by atoms with van der Waals surface area (Å²) in [5, 5.41) is 42.1. The number of carboxylic acid groups (broad SMARTS) is 1. The summed E-state index contributed by atoms with van der Waals surface area (Å²) in [6.07, 6.45) is -6.02. The molecule has 1 aromatic carbocycles. The molecule has 1 aromatic rings. The maximum absolute atomic E-state index is 12.0. The Kier molecular flexibility index (Phi) is 9.52. The summed E-state index contributed by atoms with van der Waals surface area (Å²) in [6.45, 7) is 0.830. The summed E-state index contributed by atoms with van der Waals surface area (Å²) in [7, 11) is 0.